The largest absolute Gasteiger partial charge is 1.00 e. The first kappa shape index (κ1) is 16.5. The highest BCUT2D eigenvalue weighted by Gasteiger charge is 2.16. The van der Waals surface area contributed by atoms with Crippen LogP contribution >= 0.6 is 11.3 Å². The lowest BCUT2D eigenvalue weighted by atomic mass is 10.3. The van der Waals surface area contributed by atoms with Crippen molar-refractivity contribution >= 4 is 11.3 Å². The molecule has 104 valence electrons. The smallest absolute Gasteiger partial charge is 0.137 e. The van der Waals surface area contributed by atoms with E-state index in [-0.39, 0.29) is 24.0 Å². The van der Waals surface area contributed by atoms with E-state index in [0.29, 0.717) is 0 Å². The lowest BCUT2D eigenvalue weighted by molar-refractivity contribution is -0.903. The predicted molar refractivity (Wildman–Crippen MR) is 76.9 cm³/mol. The summed E-state index contributed by atoms with van der Waals surface area (Å²) in [5.74, 6) is 0.952. The monoisotopic (exact) mass is 389 g/mol. The molecule has 1 aromatic carbocycles. The third-order valence-electron chi connectivity index (χ3n) is 2.87. The van der Waals surface area contributed by atoms with Gasteiger partial charge < -0.3 is 33.2 Å². The van der Waals surface area contributed by atoms with E-state index in [0.717, 1.165) is 29.9 Å². The highest BCUT2D eigenvalue weighted by molar-refractivity contribution is 7.09. The van der Waals surface area contributed by atoms with Crippen LogP contribution in [0.25, 0.3) is 0 Å². The number of rotatable bonds is 6. The number of para-hydroxylation sites is 1. The Bertz CT molecular complexity index is 456. The lowest BCUT2D eigenvalue weighted by Crippen LogP contribution is -3.00. The topological polar surface area (TPSA) is 9.23 Å². The van der Waals surface area contributed by atoms with Crippen molar-refractivity contribution in [3.8, 4) is 5.75 Å². The van der Waals surface area contributed by atoms with Gasteiger partial charge >= 0.3 is 0 Å². The Labute approximate surface area is 136 Å². The zero-order valence-electron chi connectivity index (χ0n) is 11.4. The minimum Gasteiger partial charge on any atom is -1.00 e. The summed E-state index contributed by atoms with van der Waals surface area (Å²) >= 11 is 1.82. The molecular formula is C15H20INOS. The maximum Gasteiger partial charge on any atom is 0.137 e. The molecule has 0 aliphatic rings. The minimum atomic E-state index is 0. The van der Waals surface area contributed by atoms with Crippen LogP contribution in [-0.4, -0.2) is 31.7 Å². The molecule has 2 nitrogen and oxygen atoms in total. The van der Waals surface area contributed by atoms with Crippen LogP contribution in [0.5, 0.6) is 5.75 Å². The third kappa shape index (κ3) is 5.93. The second kappa shape index (κ2) is 7.87. The van der Waals surface area contributed by atoms with Crippen LogP contribution in [0.1, 0.15) is 4.88 Å². The summed E-state index contributed by atoms with van der Waals surface area (Å²) in [4.78, 5) is 1.43. The molecule has 0 spiro atoms. The molecule has 0 saturated heterocycles. The molecule has 1 heterocycles. The molecule has 2 rings (SSSR count). The number of hydrogen-bond donors (Lipinski definition) is 0. The molecular weight excluding hydrogens is 369 g/mol. The van der Waals surface area contributed by atoms with Crippen molar-refractivity contribution in [2.45, 2.75) is 6.54 Å². The van der Waals surface area contributed by atoms with Crippen molar-refractivity contribution in [3.63, 3.8) is 0 Å². The van der Waals surface area contributed by atoms with Gasteiger partial charge in [-0.2, -0.15) is 0 Å². The molecule has 0 unspecified atom stereocenters. The molecule has 0 fully saturated rings. The fourth-order valence-electron chi connectivity index (χ4n) is 1.83. The first-order chi connectivity index (χ1) is 8.66. The third-order valence-corrected chi connectivity index (χ3v) is 3.73. The Balaban J connectivity index is 0.00000180. The van der Waals surface area contributed by atoms with Gasteiger partial charge in [0.15, 0.2) is 0 Å². The van der Waals surface area contributed by atoms with Crippen molar-refractivity contribution in [3.05, 3.63) is 52.7 Å². The quantitative estimate of drug-likeness (QED) is 0.514. The average Bonchev–Trinajstić information content (AvgIpc) is 2.82. The summed E-state index contributed by atoms with van der Waals surface area (Å²) in [5, 5.41) is 2.13. The second-order valence-electron chi connectivity index (χ2n) is 5.06. The molecule has 2 aromatic rings. The van der Waals surface area contributed by atoms with E-state index in [1.54, 1.807) is 0 Å². The maximum atomic E-state index is 5.75. The van der Waals surface area contributed by atoms with Gasteiger partial charge in [-0.3, -0.25) is 0 Å². The summed E-state index contributed by atoms with van der Waals surface area (Å²) in [5.41, 5.74) is 0. The highest BCUT2D eigenvalue weighted by atomic mass is 127. The molecule has 0 N–H and O–H groups in total. The Morgan fingerprint density at radius 2 is 1.79 bits per heavy atom. The zero-order chi connectivity index (χ0) is 12.8. The number of quaternary nitrogens is 1. The fourth-order valence-corrected chi connectivity index (χ4v) is 2.74. The number of halogens is 1. The van der Waals surface area contributed by atoms with E-state index in [4.69, 9.17) is 4.74 Å². The number of thiophene rings is 1. The van der Waals surface area contributed by atoms with Crippen molar-refractivity contribution in [1.82, 2.24) is 0 Å². The van der Waals surface area contributed by atoms with Crippen LogP contribution in [0.2, 0.25) is 0 Å². The molecule has 0 bridgehead atoms. The van der Waals surface area contributed by atoms with E-state index in [1.165, 1.54) is 4.88 Å². The molecule has 1 aromatic heterocycles. The highest BCUT2D eigenvalue weighted by Crippen LogP contribution is 2.15. The van der Waals surface area contributed by atoms with Gasteiger partial charge in [0.2, 0.25) is 0 Å². The summed E-state index contributed by atoms with van der Waals surface area (Å²) < 4.78 is 6.70. The van der Waals surface area contributed by atoms with Crippen LogP contribution in [0.15, 0.2) is 47.8 Å². The Morgan fingerprint density at radius 3 is 2.42 bits per heavy atom. The molecule has 0 amide bonds. The van der Waals surface area contributed by atoms with E-state index in [1.807, 2.05) is 41.7 Å². The SMILES string of the molecule is C[N+](C)(CCOc1ccccc1)Cc1cccs1.[I-]. The molecule has 0 atom stereocenters. The minimum absolute atomic E-state index is 0. The van der Waals surface area contributed by atoms with Crippen LogP contribution < -0.4 is 28.7 Å². The first-order valence-electron chi connectivity index (χ1n) is 6.18. The number of benzene rings is 1. The van der Waals surface area contributed by atoms with Crippen LogP contribution in [0.4, 0.5) is 0 Å². The van der Waals surface area contributed by atoms with Gasteiger partial charge in [-0.05, 0) is 23.6 Å². The molecule has 4 heteroatoms. The van der Waals surface area contributed by atoms with Gasteiger partial charge in [-0.25, -0.2) is 0 Å². The van der Waals surface area contributed by atoms with Crippen LogP contribution in [0.3, 0.4) is 0 Å². The van der Waals surface area contributed by atoms with Crippen LogP contribution in [-0.2, 0) is 6.54 Å². The first-order valence-corrected chi connectivity index (χ1v) is 7.06. The van der Waals surface area contributed by atoms with Crippen molar-refractivity contribution < 1.29 is 33.2 Å². The normalized spacial score (nSPS) is 10.8. The maximum absolute atomic E-state index is 5.75. The van der Waals surface area contributed by atoms with Gasteiger partial charge in [-0.1, -0.05) is 24.3 Å². The molecule has 0 radical (unpaired) electrons. The molecule has 0 aliphatic heterocycles. The van der Waals surface area contributed by atoms with Crippen molar-refractivity contribution in [1.29, 1.82) is 0 Å². The van der Waals surface area contributed by atoms with Gasteiger partial charge in [0.05, 0.1) is 19.0 Å². The van der Waals surface area contributed by atoms with Gasteiger partial charge in [0, 0.05) is 0 Å². The number of nitrogens with zero attached hydrogens (tertiary/aromatic N) is 1. The predicted octanol–water partition coefficient (Wildman–Crippen LogP) is 0.408. The van der Waals surface area contributed by atoms with Crippen LogP contribution in [0, 0.1) is 0 Å². The summed E-state index contributed by atoms with van der Waals surface area (Å²) in [6, 6.07) is 14.3. The lowest BCUT2D eigenvalue weighted by Gasteiger charge is -2.29. The summed E-state index contributed by atoms with van der Waals surface area (Å²) in [7, 11) is 4.49. The Morgan fingerprint density at radius 1 is 1.05 bits per heavy atom. The zero-order valence-corrected chi connectivity index (χ0v) is 14.4. The Hall–Kier alpha value is -0.590. The fraction of sp³-hybridized carbons (Fsp3) is 0.333. The molecule has 0 aliphatic carbocycles. The summed E-state index contributed by atoms with van der Waals surface area (Å²) in [6.45, 7) is 2.82. The summed E-state index contributed by atoms with van der Waals surface area (Å²) in [6.07, 6.45) is 0. The van der Waals surface area contributed by atoms with Gasteiger partial charge in [-0.15, -0.1) is 11.3 Å². The average molecular weight is 389 g/mol. The van der Waals surface area contributed by atoms with E-state index < -0.39 is 0 Å². The van der Waals surface area contributed by atoms with E-state index in [9.17, 15) is 0 Å². The number of ether oxygens (including phenoxy) is 1. The standard InChI is InChI=1S/C15H20NOS.HI/c1-16(2,13-15-9-6-12-18-15)10-11-17-14-7-4-3-5-8-14;/h3-9,12H,10-11,13H2,1-2H3;1H/q+1;/p-1. The van der Waals surface area contributed by atoms with Gasteiger partial charge in [0.25, 0.3) is 0 Å². The Kier molecular flexibility index (Phi) is 6.82. The molecule has 0 saturated carbocycles. The number of hydrogen-bond acceptors (Lipinski definition) is 2. The van der Waals surface area contributed by atoms with Gasteiger partial charge in [0.1, 0.15) is 25.4 Å². The van der Waals surface area contributed by atoms with Crippen molar-refractivity contribution in [2.24, 2.45) is 0 Å². The molecule has 19 heavy (non-hydrogen) atoms. The van der Waals surface area contributed by atoms with E-state index >= 15 is 0 Å². The van der Waals surface area contributed by atoms with E-state index in [2.05, 4.69) is 31.6 Å². The number of likely N-dealkylation sites (N-methyl/N-ethyl adjacent to an activating group) is 1. The van der Waals surface area contributed by atoms with Crippen molar-refractivity contribution in [2.75, 3.05) is 27.2 Å². The second-order valence-corrected chi connectivity index (χ2v) is 6.09.